The Balaban J connectivity index is 2.18. The fourth-order valence-corrected chi connectivity index (χ4v) is 3.13. The number of rotatable bonds is 3. The molecule has 2 aromatic rings. The number of fused-ring (bicyclic) bond motifs is 1. The normalized spacial score (nSPS) is 13.4. The molecule has 0 aliphatic heterocycles. The minimum atomic E-state index is -0.951. The van der Waals surface area contributed by atoms with Crippen molar-refractivity contribution in [3.8, 4) is 0 Å². The summed E-state index contributed by atoms with van der Waals surface area (Å²) in [5.74, 6) is -2.95. The lowest BCUT2D eigenvalue weighted by Crippen LogP contribution is -2.22. The number of aliphatic imine (C=N–C) groups is 1. The second-order valence-electron chi connectivity index (χ2n) is 6.11. The average Bonchev–Trinajstić information content (AvgIpc) is 2.75. The van der Waals surface area contributed by atoms with Gasteiger partial charge in [-0.3, -0.25) is 0 Å². The summed E-state index contributed by atoms with van der Waals surface area (Å²) < 4.78 is 42.0. The lowest BCUT2D eigenvalue weighted by Gasteiger charge is -2.15. The number of allylic oxidation sites excluding steroid dienone is 1. The number of halogens is 3. The van der Waals surface area contributed by atoms with Crippen molar-refractivity contribution in [1.82, 2.24) is 0 Å². The molecule has 0 atom stereocenters. The Labute approximate surface area is 149 Å². The molecular formula is C20H18F3N3. The van der Waals surface area contributed by atoms with Gasteiger partial charge in [0.25, 0.3) is 0 Å². The van der Waals surface area contributed by atoms with Gasteiger partial charge in [-0.15, -0.1) is 0 Å². The molecule has 0 saturated carbocycles. The third kappa shape index (κ3) is 3.49. The van der Waals surface area contributed by atoms with Gasteiger partial charge < -0.3 is 11.5 Å². The average molecular weight is 357 g/mol. The largest absolute Gasteiger partial charge is 0.370 e. The molecular weight excluding hydrogens is 339 g/mol. The van der Waals surface area contributed by atoms with Crippen molar-refractivity contribution in [2.45, 2.75) is 19.3 Å². The fraction of sp³-hybridized carbons (Fsp3) is 0.150. The standard InChI is InChI=1S/C20H18F3N3/c1-11(26-20(24)25)13-7-6-12-4-2-3-5-15(16(12)8-13)19-17(22)9-14(21)10-18(19)23/h5-10H,1-4H2,(H4,24,25,26). The van der Waals surface area contributed by atoms with Crippen LogP contribution in [0.5, 0.6) is 0 Å². The van der Waals surface area contributed by atoms with E-state index in [1.54, 1.807) is 12.1 Å². The van der Waals surface area contributed by atoms with Gasteiger partial charge in [0, 0.05) is 17.7 Å². The van der Waals surface area contributed by atoms with Crippen LogP contribution in [0.2, 0.25) is 0 Å². The van der Waals surface area contributed by atoms with Crippen molar-refractivity contribution in [1.29, 1.82) is 0 Å². The molecule has 0 spiro atoms. The van der Waals surface area contributed by atoms with E-state index in [1.807, 2.05) is 12.1 Å². The number of guanidine groups is 1. The molecule has 0 aromatic heterocycles. The molecule has 0 unspecified atom stereocenters. The minimum absolute atomic E-state index is 0.128. The third-order valence-corrected chi connectivity index (χ3v) is 4.27. The van der Waals surface area contributed by atoms with Crippen molar-refractivity contribution in [2.24, 2.45) is 16.5 Å². The highest BCUT2D eigenvalue weighted by atomic mass is 19.1. The van der Waals surface area contributed by atoms with E-state index in [2.05, 4.69) is 11.6 Å². The molecule has 0 saturated heterocycles. The van der Waals surface area contributed by atoms with Gasteiger partial charge in [-0.25, -0.2) is 18.2 Å². The van der Waals surface area contributed by atoms with E-state index in [4.69, 9.17) is 11.5 Å². The first-order valence-electron chi connectivity index (χ1n) is 8.14. The van der Waals surface area contributed by atoms with Crippen LogP contribution in [0.1, 0.15) is 35.1 Å². The molecule has 2 aromatic carbocycles. The number of aryl methyl sites for hydroxylation is 1. The van der Waals surface area contributed by atoms with Crippen LogP contribution in [0.15, 0.2) is 48.0 Å². The predicted molar refractivity (Wildman–Crippen MR) is 97.6 cm³/mol. The van der Waals surface area contributed by atoms with Gasteiger partial charge in [0.1, 0.15) is 17.5 Å². The summed E-state index contributed by atoms with van der Waals surface area (Å²) in [5.41, 5.74) is 13.5. The summed E-state index contributed by atoms with van der Waals surface area (Å²) in [6.07, 6.45) is 4.03. The van der Waals surface area contributed by atoms with Crippen molar-refractivity contribution < 1.29 is 13.2 Å². The Morgan fingerprint density at radius 3 is 2.38 bits per heavy atom. The van der Waals surface area contributed by atoms with Crippen LogP contribution in [0.4, 0.5) is 13.2 Å². The Hall–Kier alpha value is -3.02. The Morgan fingerprint density at radius 1 is 1.04 bits per heavy atom. The zero-order valence-corrected chi connectivity index (χ0v) is 14.0. The second-order valence-corrected chi connectivity index (χ2v) is 6.11. The molecule has 0 radical (unpaired) electrons. The lowest BCUT2D eigenvalue weighted by atomic mass is 9.91. The maximum absolute atomic E-state index is 14.4. The Morgan fingerprint density at radius 2 is 1.73 bits per heavy atom. The van der Waals surface area contributed by atoms with Crippen LogP contribution in [0.3, 0.4) is 0 Å². The predicted octanol–water partition coefficient (Wildman–Crippen LogP) is 4.12. The summed E-state index contributed by atoms with van der Waals surface area (Å²) in [7, 11) is 0. The molecule has 0 heterocycles. The molecule has 26 heavy (non-hydrogen) atoms. The van der Waals surface area contributed by atoms with Crippen molar-refractivity contribution in [2.75, 3.05) is 0 Å². The van der Waals surface area contributed by atoms with Gasteiger partial charge in [-0.1, -0.05) is 24.8 Å². The van der Waals surface area contributed by atoms with Crippen molar-refractivity contribution in [3.63, 3.8) is 0 Å². The number of nitrogens with zero attached hydrogens (tertiary/aromatic N) is 1. The van der Waals surface area contributed by atoms with Crippen molar-refractivity contribution >= 4 is 17.2 Å². The van der Waals surface area contributed by atoms with E-state index in [0.29, 0.717) is 41.0 Å². The molecule has 0 fully saturated rings. The molecule has 0 bridgehead atoms. The fourth-order valence-electron chi connectivity index (χ4n) is 3.13. The zero-order chi connectivity index (χ0) is 18.8. The first-order valence-corrected chi connectivity index (χ1v) is 8.14. The number of hydrogen-bond acceptors (Lipinski definition) is 1. The molecule has 3 nitrogen and oxygen atoms in total. The quantitative estimate of drug-likeness (QED) is 0.641. The number of benzene rings is 2. The van der Waals surface area contributed by atoms with Crippen LogP contribution >= 0.6 is 0 Å². The summed E-state index contributed by atoms with van der Waals surface area (Å²) >= 11 is 0. The monoisotopic (exact) mass is 357 g/mol. The lowest BCUT2D eigenvalue weighted by molar-refractivity contribution is 0.539. The first kappa shape index (κ1) is 17.8. The summed E-state index contributed by atoms with van der Waals surface area (Å²) in [4.78, 5) is 3.93. The van der Waals surface area contributed by atoms with Crippen LogP contribution in [-0.2, 0) is 6.42 Å². The summed E-state index contributed by atoms with van der Waals surface area (Å²) in [6.45, 7) is 3.82. The van der Waals surface area contributed by atoms with Gasteiger partial charge in [-0.2, -0.15) is 0 Å². The summed E-state index contributed by atoms with van der Waals surface area (Å²) in [5, 5.41) is 0. The van der Waals surface area contributed by atoms with E-state index in [9.17, 15) is 13.2 Å². The molecule has 1 aliphatic rings. The molecule has 6 heteroatoms. The van der Waals surface area contributed by atoms with Crippen LogP contribution < -0.4 is 11.5 Å². The number of nitrogens with two attached hydrogens (primary N) is 2. The topological polar surface area (TPSA) is 64.4 Å². The van der Waals surface area contributed by atoms with Gasteiger partial charge >= 0.3 is 0 Å². The van der Waals surface area contributed by atoms with E-state index < -0.39 is 17.5 Å². The highest BCUT2D eigenvalue weighted by Crippen LogP contribution is 2.35. The molecule has 4 N–H and O–H groups in total. The van der Waals surface area contributed by atoms with E-state index in [0.717, 1.165) is 18.4 Å². The molecule has 0 amide bonds. The zero-order valence-electron chi connectivity index (χ0n) is 14.0. The Kier molecular flexibility index (Phi) is 4.84. The van der Waals surface area contributed by atoms with Crippen LogP contribution in [0, 0.1) is 17.5 Å². The van der Waals surface area contributed by atoms with Crippen LogP contribution in [-0.4, -0.2) is 5.96 Å². The minimum Gasteiger partial charge on any atom is -0.370 e. The van der Waals surface area contributed by atoms with E-state index in [1.165, 1.54) is 0 Å². The summed E-state index contributed by atoms with van der Waals surface area (Å²) in [6, 6.07) is 6.81. The van der Waals surface area contributed by atoms with Crippen molar-refractivity contribution in [3.05, 3.63) is 82.7 Å². The van der Waals surface area contributed by atoms with E-state index >= 15 is 0 Å². The maximum Gasteiger partial charge on any atom is 0.191 e. The van der Waals surface area contributed by atoms with Gasteiger partial charge in [-0.05, 0) is 42.0 Å². The Bertz CT molecular complexity index is 918. The molecule has 3 rings (SSSR count). The smallest absolute Gasteiger partial charge is 0.191 e. The second kappa shape index (κ2) is 7.07. The maximum atomic E-state index is 14.4. The third-order valence-electron chi connectivity index (χ3n) is 4.27. The first-order chi connectivity index (χ1) is 12.4. The highest BCUT2D eigenvalue weighted by molar-refractivity contribution is 5.86. The number of hydrogen-bond donors (Lipinski definition) is 2. The van der Waals surface area contributed by atoms with E-state index in [-0.39, 0.29) is 11.5 Å². The molecule has 1 aliphatic carbocycles. The highest BCUT2D eigenvalue weighted by Gasteiger charge is 2.21. The van der Waals surface area contributed by atoms with Gasteiger partial charge in [0.2, 0.25) is 0 Å². The molecule has 134 valence electrons. The van der Waals surface area contributed by atoms with Gasteiger partial charge in [0.05, 0.1) is 11.3 Å². The SMILES string of the molecule is C=C(N=C(N)N)c1ccc2c(c1)C(c1c(F)cc(F)cc1F)=CCCC2. The van der Waals surface area contributed by atoms with Crippen LogP contribution in [0.25, 0.3) is 11.3 Å². The van der Waals surface area contributed by atoms with Gasteiger partial charge in [0.15, 0.2) is 5.96 Å².